The van der Waals surface area contributed by atoms with Crippen LogP contribution in [0.2, 0.25) is 0 Å². The Morgan fingerprint density at radius 1 is 0.722 bits per heavy atom. The molecule has 0 bridgehead atoms. The van der Waals surface area contributed by atoms with E-state index >= 15 is 0 Å². The van der Waals surface area contributed by atoms with Crippen LogP contribution in [0.3, 0.4) is 0 Å². The molecule has 2 aliphatic heterocycles. The van der Waals surface area contributed by atoms with Gasteiger partial charge in [0.25, 0.3) is 11.8 Å². The molecule has 3 heterocycles. The Hall–Kier alpha value is -4.16. The third-order valence-electron chi connectivity index (χ3n) is 6.98. The first kappa shape index (κ1) is 22.3. The lowest BCUT2D eigenvalue weighted by atomic mass is 9.75. The number of rotatable bonds is 3. The van der Waals surface area contributed by atoms with Crippen LogP contribution in [0.15, 0.2) is 96.6 Å². The average molecular weight is 492 g/mol. The quantitative estimate of drug-likeness (QED) is 0.242. The molecular formula is C30H25N3O2S. The number of anilines is 4. The number of hydrazine groups is 1. The summed E-state index contributed by atoms with van der Waals surface area (Å²) in [5.41, 5.74) is 4.87. The highest BCUT2D eigenvalue weighted by atomic mass is 32.1. The number of carbonyl (C=O) groups is 2. The molecule has 2 amide bonds. The van der Waals surface area contributed by atoms with Gasteiger partial charge in [0.2, 0.25) is 0 Å². The zero-order chi connectivity index (χ0) is 25.0. The molecule has 2 aliphatic rings. The maximum absolute atomic E-state index is 13.7. The van der Waals surface area contributed by atoms with Crippen LogP contribution in [0.25, 0.3) is 6.08 Å². The Bertz CT molecular complexity index is 1460. The number of nitrogens with zero attached hydrogens (tertiary/aromatic N) is 3. The Kier molecular flexibility index (Phi) is 5.09. The molecule has 6 heteroatoms. The second-order valence-corrected chi connectivity index (χ2v) is 10.6. The molecule has 1 fully saturated rings. The van der Waals surface area contributed by atoms with Gasteiger partial charge in [0.1, 0.15) is 5.57 Å². The summed E-state index contributed by atoms with van der Waals surface area (Å²) in [6.07, 6.45) is 1.75. The summed E-state index contributed by atoms with van der Waals surface area (Å²) in [4.78, 5) is 30.5. The lowest BCUT2D eigenvalue weighted by Gasteiger charge is -2.38. The number of para-hydroxylation sites is 3. The average Bonchev–Trinajstić information content (AvgIpc) is 3.44. The van der Waals surface area contributed by atoms with E-state index in [1.807, 2.05) is 60.7 Å². The van der Waals surface area contributed by atoms with Crippen molar-refractivity contribution in [1.29, 1.82) is 0 Å². The maximum Gasteiger partial charge on any atom is 0.283 e. The minimum atomic E-state index is -0.336. The minimum Gasteiger partial charge on any atom is -0.336 e. The number of amides is 2. The van der Waals surface area contributed by atoms with Crippen molar-refractivity contribution < 1.29 is 9.59 Å². The molecule has 0 aliphatic carbocycles. The lowest BCUT2D eigenvalue weighted by Crippen LogP contribution is -2.41. The first-order chi connectivity index (χ1) is 17.4. The highest BCUT2D eigenvalue weighted by molar-refractivity contribution is 7.17. The van der Waals surface area contributed by atoms with E-state index in [-0.39, 0.29) is 22.8 Å². The van der Waals surface area contributed by atoms with E-state index in [0.29, 0.717) is 11.4 Å². The summed E-state index contributed by atoms with van der Waals surface area (Å²) in [7, 11) is 2.07. The van der Waals surface area contributed by atoms with Crippen molar-refractivity contribution in [2.45, 2.75) is 19.3 Å². The van der Waals surface area contributed by atoms with Crippen LogP contribution in [0.1, 0.15) is 29.9 Å². The van der Waals surface area contributed by atoms with E-state index in [9.17, 15) is 9.59 Å². The zero-order valence-corrected chi connectivity index (χ0v) is 21.1. The van der Waals surface area contributed by atoms with Crippen LogP contribution in [0.5, 0.6) is 0 Å². The van der Waals surface area contributed by atoms with Crippen molar-refractivity contribution in [3.05, 3.63) is 113 Å². The summed E-state index contributed by atoms with van der Waals surface area (Å²) in [6, 6.07) is 29.1. The SMILES string of the molecule is CN1c2ccccc2C(C)(C)c2cc(C=C3C(=O)N(c4ccccc4)N(c4ccccc4)C3=O)sc21. The molecule has 0 saturated carbocycles. The molecule has 0 unspecified atom stereocenters. The number of carbonyl (C=O) groups excluding carboxylic acids is 2. The fraction of sp³-hybridized carbons (Fsp3) is 0.133. The first-order valence-electron chi connectivity index (χ1n) is 11.9. The van der Waals surface area contributed by atoms with Crippen molar-refractivity contribution in [2.75, 3.05) is 22.0 Å². The highest BCUT2D eigenvalue weighted by Crippen LogP contribution is 2.52. The summed E-state index contributed by atoms with van der Waals surface area (Å²) in [6.45, 7) is 4.45. The van der Waals surface area contributed by atoms with Crippen molar-refractivity contribution in [3.63, 3.8) is 0 Å². The van der Waals surface area contributed by atoms with Crippen LogP contribution >= 0.6 is 11.3 Å². The summed E-state index contributed by atoms with van der Waals surface area (Å²) < 4.78 is 0. The molecule has 178 valence electrons. The second-order valence-electron chi connectivity index (χ2n) is 9.53. The summed E-state index contributed by atoms with van der Waals surface area (Å²) >= 11 is 1.60. The van der Waals surface area contributed by atoms with Gasteiger partial charge in [-0.1, -0.05) is 68.4 Å². The largest absolute Gasteiger partial charge is 0.336 e. The van der Waals surface area contributed by atoms with E-state index in [2.05, 4.69) is 56.1 Å². The fourth-order valence-electron chi connectivity index (χ4n) is 5.09. The Balaban J connectivity index is 1.46. The molecule has 0 spiro atoms. The van der Waals surface area contributed by atoms with Gasteiger partial charge in [-0.15, -0.1) is 11.3 Å². The third-order valence-corrected chi connectivity index (χ3v) is 8.14. The number of benzene rings is 3. The van der Waals surface area contributed by atoms with Crippen molar-refractivity contribution in [2.24, 2.45) is 0 Å². The van der Waals surface area contributed by atoms with E-state index < -0.39 is 0 Å². The van der Waals surface area contributed by atoms with Crippen molar-refractivity contribution in [1.82, 2.24) is 0 Å². The molecule has 1 saturated heterocycles. The van der Waals surface area contributed by atoms with Crippen LogP contribution in [0, 0.1) is 0 Å². The molecule has 36 heavy (non-hydrogen) atoms. The van der Waals surface area contributed by atoms with Gasteiger partial charge in [-0.3, -0.25) is 9.59 Å². The molecule has 0 radical (unpaired) electrons. The predicted octanol–water partition coefficient (Wildman–Crippen LogP) is 6.53. The smallest absolute Gasteiger partial charge is 0.283 e. The minimum absolute atomic E-state index is 0.152. The number of hydrogen-bond donors (Lipinski definition) is 0. The van der Waals surface area contributed by atoms with Gasteiger partial charge in [0.15, 0.2) is 0 Å². The van der Waals surface area contributed by atoms with Crippen molar-refractivity contribution in [3.8, 4) is 0 Å². The van der Waals surface area contributed by atoms with Gasteiger partial charge >= 0.3 is 0 Å². The lowest BCUT2D eigenvalue weighted by molar-refractivity contribution is -0.116. The van der Waals surface area contributed by atoms with Crippen LogP contribution in [-0.4, -0.2) is 18.9 Å². The molecule has 4 aromatic rings. The maximum atomic E-state index is 13.7. The van der Waals surface area contributed by atoms with E-state index in [0.717, 1.165) is 9.88 Å². The Morgan fingerprint density at radius 3 is 1.83 bits per heavy atom. The number of thiophene rings is 1. The Morgan fingerprint density at radius 2 is 1.25 bits per heavy atom. The van der Waals surface area contributed by atoms with Gasteiger partial charge in [-0.25, -0.2) is 10.0 Å². The molecule has 0 N–H and O–H groups in total. The van der Waals surface area contributed by atoms with E-state index in [4.69, 9.17) is 0 Å². The number of fused-ring (bicyclic) bond motifs is 2. The van der Waals surface area contributed by atoms with Crippen molar-refractivity contribution >= 4 is 51.3 Å². The standard InChI is InChI=1S/C30H25N3O2S/c1-30(2)24-16-10-11-17-26(24)31(3)29-25(30)19-22(36-29)18-23-27(34)32(20-12-6-4-7-13-20)33(28(23)35)21-14-8-5-9-15-21/h4-19H,1-3H3. The van der Waals surface area contributed by atoms with Gasteiger partial charge in [0, 0.05) is 23.0 Å². The van der Waals surface area contributed by atoms with Gasteiger partial charge in [-0.05, 0) is 53.6 Å². The molecule has 6 rings (SSSR count). The molecule has 5 nitrogen and oxygen atoms in total. The van der Waals surface area contributed by atoms with E-state index in [1.54, 1.807) is 17.4 Å². The van der Waals surface area contributed by atoms with Gasteiger partial charge < -0.3 is 4.90 Å². The first-order valence-corrected chi connectivity index (χ1v) is 12.7. The Labute approximate surface area is 214 Å². The monoisotopic (exact) mass is 491 g/mol. The van der Waals surface area contributed by atoms with Crippen LogP contribution in [-0.2, 0) is 15.0 Å². The number of hydrogen-bond acceptors (Lipinski definition) is 4. The molecular weight excluding hydrogens is 466 g/mol. The molecule has 1 aromatic heterocycles. The summed E-state index contributed by atoms with van der Waals surface area (Å²) in [5, 5.41) is 4.05. The fourth-order valence-corrected chi connectivity index (χ4v) is 6.32. The molecule has 3 aromatic carbocycles. The predicted molar refractivity (Wildman–Crippen MR) is 147 cm³/mol. The van der Waals surface area contributed by atoms with Gasteiger partial charge in [-0.2, -0.15) is 0 Å². The highest BCUT2D eigenvalue weighted by Gasteiger charge is 2.43. The van der Waals surface area contributed by atoms with Gasteiger partial charge in [0.05, 0.1) is 16.4 Å². The summed E-state index contributed by atoms with van der Waals surface area (Å²) in [5.74, 6) is -0.672. The zero-order valence-electron chi connectivity index (χ0n) is 20.3. The van der Waals surface area contributed by atoms with Crippen LogP contribution < -0.4 is 14.9 Å². The van der Waals surface area contributed by atoms with Crippen LogP contribution in [0.4, 0.5) is 22.1 Å². The van der Waals surface area contributed by atoms with E-state index in [1.165, 1.54) is 26.8 Å². The second kappa shape index (κ2) is 8.21. The third kappa shape index (κ3) is 3.29. The normalized spacial score (nSPS) is 16.3. The molecule has 0 atom stereocenters. The topological polar surface area (TPSA) is 43.9 Å².